The summed E-state index contributed by atoms with van der Waals surface area (Å²) >= 11 is 5.26. The fourth-order valence-electron chi connectivity index (χ4n) is 1.88. The normalized spacial score (nSPS) is 11.1. The van der Waals surface area contributed by atoms with Crippen molar-refractivity contribution in [3.05, 3.63) is 46.2 Å². The number of aryl methyl sites for hydroxylation is 1. The van der Waals surface area contributed by atoms with Gasteiger partial charge in [-0.15, -0.1) is 0 Å². The monoisotopic (exact) mass is 250 g/mol. The minimum Gasteiger partial charge on any atom is -0.337 e. The summed E-state index contributed by atoms with van der Waals surface area (Å²) in [6, 6.07) is 4.75. The third kappa shape index (κ3) is 2.17. The summed E-state index contributed by atoms with van der Waals surface area (Å²) < 4.78 is 15.8. The van der Waals surface area contributed by atoms with Crippen LogP contribution in [-0.4, -0.2) is 9.55 Å². The van der Waals surface area contributed by atoms with Crippen molar-refractivity contribution in [1.29, 1.82) is 0 Å². The molecule has 2 nitrogen and oxygen atoms in total. The van der Waals surface area contributed by atoms with Crippen molar-refractivity contribution in [2.24, 2.45) is 0 Å². The molecule has 1 aromatic carbocycles. The van der Waals surface area contributed by atoms with Crippen LogP contribution in [0.25, 0.3) is 5.69 Å². The van der Waals surface area contributed by atoms with Gasteiger partial charge in [-0.05, 0) is 42.8 Å². The van der Waals surface area contributed by atoms with Crippen LogP contribution in [0.5, 0.6) is 0 Å². The van der Waals surface area contributed by atoms with Crippen molar-refractivity contribution in [3.63, 3.8) is 0 Å². The van der Waals surface area contributed by atoms with Gasteiger partial charge >= 0.3 is 0 Å². The van der Waals surface area contributed by atoms with Gasteiger partial charge in [0.1, 0.15) is 5.82 Å². The third-order valence-electron chi connectivity index (χ3n) is 2.81. The van der Waals surface area contributed by atoms with Crippen LogP contribution in [0.3, 0.4) is 0 Å². The van der Waals surface area contributed by atoms with Crippen molar-refractivity contribution in [1.82, 2.24) is 9.55 Å². The molecule has 1 heterocycles. The predicted octanol–water partition coefficient (Wildman–Crippen LogP) is 4.11. The Bertz CT molecular complexity index is 596. The highest BCUT2D eigenvalue weighted by Crippen LogP contribution is 2.22. The van der Waals surface area contributed by atoms with Gasteiger partial charge in [0.2, 0.25) is 0 Å². The molecule has 0 aliphatic heterocycles. The number of hydrogen-bond donors (Lipinski definition) is 1. The molecule has 0 aliphatic rings. The lowest BCUT2D eigenvalue weighted by Crippen LogP contribution is -2.04. The summed E-state index contributed by atoms with van der Waals surface area (Å²) in [5.41, 5.74) is 2.87. The van der Waals surface area contributed by atoms with Crippen LogP contribution < -0.4 is 0 Å². The number of aromatic nitrogens is 2. The van der Waals surface area contributed by atoms with E-state index in [1.54, 1.807) is 6.07 Å². The summed E-state index contributed by atoms with van der Waals surface area (Å²) in [7, 11) is 0. The summed E-state index contributed by atoms with van der Waals surface area (Å²) in [4.78, 5) is 3.02. The minimum absolute atomic E-state index is 0.247. The van der Waals surface area contributed by atoms with Crippen LogP contribution in [0.1, 0.15) is 31.0 Å². The Morgan fingerprint density at radius 3 is 2.71 bits per heavy atom. The summed E-state index contributed by atoms with van der Waals surface area (Å²) in [5, 5.41) is 0. The smallest absolute Gasteiger partial charge is 0.182 e. The number of benzene rings is 1. The van der Waals surface area contributed by atoms with Crippen LogP contribution in [0.15, 0.2) is 24.4 Å². The largest absolute Gasteiger partial charge is 0.337 e. The number of imidazole rings is 1. The van der Waals surface area contributed by atoms with Gasteiger partial charge in [0.15, 0.2) is 4.77 Å². The molecular weight excluding hydrogens is 235 g/mol. The Kier molecular flexibility index (Phi) is 3.15. The first-order chi connectivity index (χ1) is 8.00. The fraction of sp³-hybridized carbons (Fsp3) is 0.308. The van der Waals surface area contributed by atoms with Crippen molar-refractivity contribution < 1.29 is 4.39 Å². The Hall–Kier alpha value is -1.42. The van der Waals surface area contributed by atoms with E-state index in [9.17, 15) is 4.39 Å². The second-order valence-corrected chi connectivity index (χ2v) is 4.83. The van der Waals surface area contributed by atoms with E-state index < -0.39 is 0 Å². The zero-order chi connectivity index (χ0) is 12.6. The number of nitrogens with zero attached hydrogens (tertiary/aromatic N) is 1. The zero-order valence-corrected chi connectivity index (χ0v) is 10.9. The van der Waals surface area contributed by atoms with Gasteiger partial charge in [-0.25, -0.2) is 4.39 Å². The molecule has 17 heavy (non-hydrogen) atoms. The van der Waals surface area contributed by atoms with E-state index >= 15 is 0 Å². The Morgan fingerprint density at radius 2 is 2.06 bits per heavy atom. The van der Waals surface area contributed by atoms with E-state index in [1.165, 1.54) is 12.1 Å². The summed E-state index contributed by atoms with van der Waals surface area (Å²) in [5.74, 6) is 0.0778. The highest BCUT2D eigenvalue weighted by Gasteiger charge is 2.12. The molecule has 1 aromatic heterocycles. The van der Waals surface area contributed by atoms with Crippen LogP contribution in [0.4, 0.5) is 4.39 Å². The van der Waals surface area contributed by atoms with Gasteiger partial charge in [0.25, 0.3) is 0 Å². The standard InChI is InChI=1S/C13H15FN2S/c1-8(2)12-7-15-13(17)16(12)11-6-10(14)5-4-9(11)3/h4-8H,1-3H3,(H,15,17). The SMILES string of the molecule is Cc1ccc(F)cc1-n1c(C(C)C)c[nH]c1=S. The van der Waals surface area contributed by atoms with Gasteiger partial charge in [0, 0.05) is 11.9 Å². The van der Waals surface area contributed by atoms with Crippen molar-refractivity contribution >= 4 is 12.2 Å². The number of hydrogen-bond acceptors (Lipinski definition) is 1. The first-order valence-electron chi connectivity index (χ1n) is 5.57. The van der Waals surface area contributed by atoms with E-state index in [1.807, 2.05) is 17.7 Å². The Labute approximate surface area is 105 Å². The van der Waals surface area contributed by atoms with E-state index in [-0.39, 0.29) is 5.82 Å². The molecule has 0 radical (unpaired) electrons. The first-order valence-corrected chi connectivity index (χ1v) is 5.98. The molecule has 2 rings (SSSR count). The average molecular weight is 250 g/mol. The first kappa shape index (κ1) is 12.0. The molecule has 0 saturated heterocycles. The second kappa shape index (κ2) is 4.45. The van der Waals surface area contributed by atoms with Crippen molar-refractivity contribution in [2.75, 3.05) is 0 Å². The molecule has 0 spiro atoms. The van der Waals surface area contributed by atoms with Gasteiger partial charge in [-0.3, -0.25) is 4.57 Å². The van der Waals surface area contributed by atoms with Gasteiger partial charge in [-0.1, -0.05) is 19.9 Å². The quantitative estimate of drug-likeness (QED) is 0.796. The maximum absolute atomic E-state index is 13.3. The van der Waals surface area contributed by atoms with Gasteiger partial charge in [0.05, 0.1) is 5.69 Å². The van der Waals surface area contributed by atoms with Crippen LogP contribution in [0.2, 0.25) is 0 Å². The van der Waals surface area contributed by atoms with E-state index in [0.29, 0.717) is 10.7 Å². The molecule has 0 amide bonds. The topological polar surface area (TPSA) is 20.7 Å². The maximum Gasteiger partial charge on any atom is 0.182 e. The average Bonchev–Trinajstić information content (AvgIpc) is 2.64. The molecule has 0 aliphatic carbocycles. The molecule has 0 atom stereocenters. The third-order valence-corrected chi connectivity index (χ3v) is 3.11. The number of halogens is 1. The molecule has 1 N–H and O–H groups in total. The van der Waals surface area contributed by atoms with Crippen LogP contribution in [-0.2, 0) is 0 Å². The second-order valence-electron chi connectivity index (χ2n) is 4.44. The molecule has 90 valence electrons. The van der Waals surface area contributed by atoms with E-state index in [4.69, 9.17) is 12.2 Å². The Morgan fingerprint density at radius 1 is 1.35 bits per heavy atom. The number of aromatic amines is 1. The molecular formula is C13H15FN2S. The van der Waals surface area contributed by atoms with Crippen LogP contribution >= 0.6 is 12.2 Å². The maximum atomic E-state index is 13.3. The lowest BCUT2D eigenvalue weighted by atomic mass is 10.1. The van der Waals surface area contributed by atoms with Crippen molar-refractivity contribution in [2.45, 2.75) is 26.7 Å². The molecule has 0 unspecified atom stereocenters. The predicted molar refractivity (Wildman–Crippen MR) is 69.7 cm³/mol. The molecule has 0 bridgehead atoms. The molecule has 0 fully saturated rings. The number of nitrogens with one attached hydrogen (secondary N) is 1. The van der Waals surface area contributed by atoms with E-state index in [2.05, 4.69) is 18.8 Å². The highest BCUT2D eigenvalue weighted by atomic mass is 32.1. The number of rotatable bonds is 2. The van der Waals surface area contributed by atoms with Gasteiger partial charge in [-0.2, -0.15) is 0 Å². The summed E-state index contributed by atoms with van der Waals surface area (Å²) in [6.07, 6.45) is 1.89. The molecule has 0 saturated carbocycles. The molecule has 2 aromatic rings. The minimum atomic E-state index is -0.247. The lowest BCUT2D eigenvalue weighted by molar-refractivity contribution is 0.625. The van der Waals surface area contributed by atoms with Crippen molar-refractivity contribution in [3.8, 4) is 5.69 Å². The van der Waals surface area contributed by atoms with E-state index in [0.717, 1.165) is 16.9 Å². The fourth-order valence-corrected chi connectivity index (χ4v) is 2.14. The van der Waals surface area contributed by atoms with Crippen LogP contribution in [0, 0.1) is 17.5 Å². The number of H-pyrrole nitrogens is 1. The lowest BCUT2D eigenvalue weighted by Gasteiger charge is -2.13. The molecule has 4 heteroatoms. The highest BCUT2D eigenvalue weighted by molar-refractivity contribution is 7.71. The Balaban J connectivity index is 2.72. The zero-order valence-electron chi connectivity index (χ0n) is 10.1. The van der Waals surface area contributed by atoms with Gasteiger partial charge < -0.3 is 4.98 Å². The summed E-state index contributed by atoms with van der Waals surface area (Å²) in [6.45, 7) is 6.12.